The first-order chi connectivity index (χ1) is 13.0. The fourth-order valence-electron chi connectivity index (χ4n) is 3.95. The second-order valence-electron chi connectivity index (χ2n) is 7.59. The quantitative estimate of drug-likeness (QED) is 0.321. The van der Waals surface area contributed by atoms with Gasteiger partial charge >= 0.3 is 5.97 Å². The minimum atomic E-state index is -0.782. The Kier molecular flexibility index (Phi) is 9.48. The maximum Gasteiger partial charge on any atom is 0.303 e. The number of aliphatic hydroxyl groups is 3. The third-order valence-corrected chi connectivity index (χ3v) is 6.27. The van der Waals surface area contributed by atoms with Gasteiger partial charge in [0, 0.05) is 6.42 Å². The van der Waals surface area contributed by atoms with Gasteiger partial charge in [-0.3, -0.25) is 4.79 Å². The van der Waals surface area contributed by atoms with Crippen molar-refractivity contribution >= 4 is 17.3 Å². The lowest BCUT2D eigenvalue weighted by atomic mass is 9.85. The van der Waals surface area contributed by atoms with Gasteiger partial charge in [-0.2, -0.15) is 11.3 Å². The van der Waals surface area contributed by atoms with Gasteiger partial charge in [-0.1, -0.05) is 12.2 Å². The first kappa shape index (κ1) is 22.1. The van der Waals surface area contributed by atoms with Crippen molar-refractivity contribution in [3.63, 3.8) is 0 Å². The van der Waals surface area contributed by atoms with E-state index in [1.54, 1.807) is 11.3 Å². The summed E-state index contributed by atoms with van der Waals surface area (Å²) in [6, 6.07) is 2.08. The molecule has 1 saturated carbocycles. The molecule has 1 aliphatic carbocycles. The molecule has 0 radical (unpaired) electrons. The largest absolute Gasteiger partial charge is 0.481 e. The topological polar surface area (TPSA) is 98.0 Å². The summed E-state index contributed by atoms with van der Waals surface area (Å²) in [5.41, 5.74) is 1.25. The minimum absolute atomic E-state index is 0.000187. The normalized spacial score (nSPS) is 26.6. The summed E-state index contributed by atoms with van der Waals surface area (Å²) in [5, 5.41) is 43.6. The SMILES string of the molecule is O=C(O)CCC/C=C\C[C@H]1C(O)CC(O)[C@@H]1CCC(O)CCc1ccsc1. The van der Waals surface area contributed by atoms with E-state index in [2.05, 4.69) is 11.4 Å². The van der Waals surface area contributed by atoms with Crippen molar-refractivity contribution in [3.8, 4) is 0 Å². The number of aliphatic hydroxyl groups excluding tert-OH is 3. The maximum absolute atomic E-state index is 10.5. The summed E-state index contributed by atoms with van der Waals surface area (Å²) < 4.78 is 0. The van der Waals surface area contributed by atoms with Crippen LogP contribution in [0.5, 0.6) is 0 Å². The number of carboxylic acid groups (broad SMARTS) is 1. The van der Waals surface area contributed by atoms with Gasteiger partial charge in [-0.25, -0.2) is 0 Å². The lowest BCUT2D eigenvalue weighted by Crippen LogP contribution is -2.23. The molecule has 3 unspecified atom stereocenters. The number of thiophene rings is 1. The van der Waals surface area contributed by atoms with Crippen LogP contribution in [0.3, 0.4) is 0 Å². The number of allylic oxidation sites excluding steroid dienone is 2. The maximum atomic E-state index is 10.5. The molecule has 1 fully saturated rings. The Labute approximate surface area is 165 Å². The summed E-state index contributed by atoms with van der Waals surface area (Å²) in [4.78, 5) is 10.5. The molecule has 2 rings (SSSR count). The highest BCUT2D eigenvalue weighted by Gasteiger charge is 2.40. The predicted octanol–water partition coefficient (Wildman–Crippen LogP) is 3.38. The Hall–Kier alpha value is -1.21. The van der Waals surface area contributed by atoms with Gasteiger partial charge in [0.15, 0.2) is 0 Å². The van der Waals surface area contributed by atoms with Crippen LogP contribution in [0, 0.1) is 11.8 Å². The van der Waals surface area contributed by atoms with Gasteiger partial charge in [0.2, 0.25) is 0 Å². The molecule has 0 amide bonds. The Morgan fingerprint density at radius 2 is 2.00 bits per heavy atom. The Morgan fingerprint density at radius 3 is 2.70 bits per heavy atom. The lowest BCUT2D eigenvalue weighted by molar-refractivity contribution is -0.137. The Bertz CT molecular complexity index is 571. The summed E-state index contributed by atoms with van der Waals surface area (Å²) >= 11 is 1.66. The van der Waals surface area contributed by atoms with Crippen LogP contribution in [0.1, 0.15) is 56.9 Å². The van der Waals surface area contributed by atoms with Crippen LogP contribution in [0.15, 0.2) is 29.0 Å². The Morgan fingerprint density at radius 1 is 1.22 bits per heavy atom. The van der Waals surface area contributed by atoms with E-state index in [9.17, 15) is 20.1 Å². The lowest BCUT2D eigenvalue weighted by Gasteiger charge is -2.23. The highest BCUT2D eigenvalue weighted by Crippen LogP contribution is 2.38. The fourth-order valence-corrected chi connectivity index (χ4v) is 4.65. The van der Waals surface area contributed by atoms with Crippen molar-refractivity contribution in [2.75, 3.05) is 0 Å². The Balaban J connectivity index is 1.73. The zero-order valence-corrected chi connectivity index (χ0v) is 16.6. The zero-order chi connectivity index (χ0) is 19.6. The molecular formula is C21H32O5S. The average Bonchev–Trinajstić information content (AvgIpc) is 3.22. The summed E-state index contributed by atoms with van der Waals surface area (Å²) in [5.74, 6) is -0.783. The smallest absolute Gasteiger partial charge is 0.303 e. The monoisotopic (exact) mass is 396 g/mol. The van der Waals surface area contributed by atoms with Crippen LogP contribution >= 0.6 is 11.3 Å². The molecule has 0 aliphatic heterocycles. The third-order valence-electron chi connectivity index (χ3n) is 5.54. The van der Waals surface area contributed by atoms with E-state index >= 15 is 0 Å². The standard InChI is InChI=1S/C21H32O5S/c22-16(8-7-15-11-12-27-14-15)9-10-18-17(19(23)13-20(18)24)5-3-1-2-4-6-21(25)26/h1,3,11-12,14,16-20,22-24H,2,4-10,13H2,(H,25,26)/b3-1-/t16?,17-,18-,19?,20?/m1/s1. The van der Waals surface area contributed by atoms with E-state index < -0.39 is 18.2 Å². The van der Waals surface area contributed by atoms with Crippen molar-refractivity contribution in [2.45, 2.75) is 76.1 Å². The second-order valence-corrected chi connectivity index (χ2v) is 8.37. The minimum Gasteiger partial charge on any atom is -0.481 e. The fraction of sp³-hybridized carbons (Fsp3) is 0.667. The molecule has 0 saturated heterocycles. The summed E-state index contributed by atoms with van der Waals surface area (Å²) in [7, 11) is 0. The van der Waals surface area contributed by atoms with Crippen LogP contribution in [0.4, 0.5) is 0 Å². The van der Waals surface area contributed by atoms with Gasteiger partial charge in [0.05, 0.1) is 18.3 Å². The van der Waals surface area contributed by atoms with E-state index in [1.807, 2.05) is 17.5 Å². The summed E-state index contributed by atoms with van der Waals surface area (Å²) in [6.07, 6.45) is 8.03. The first-order valence-corrected chi connectivity index (χ1v) is 10.8. The van der Waals surface area contributed by atoms with E-state index in [0.717, 1.165) is 12.8 Å². The molecule has 1 aliphatic rings. The highest BCUT2D eigenvalue weighted by atomic mass is 32.1. The van der Waals surface area contributed by atoms with E-state index in [0.29, 0.717) is 38.5 Å². The molecule has 1 aromatic rings. The molecule has 1 heterocycles. The molecule has 27 heavy (non-hydrogen) atoms. The summed E-state index contributed by atoms with van der Waals surface area (Å²) in [6.45, 7) is 0. The molecule has 152 valence electrons. The van der Waals surface area contributed by atoms with Gasteiger partial charge < -0.3 is 20.4 Å². The van der Waals surface area contributed by atoms with Crippen LogP contribution in [0.2, 0.25) is 0 Å². The number of aliphatic carboxylic acids is 1. The molecule has 0 spiro atoms. The first-order valence-electron chi connectivity index (χ1n) is 9.89. The third kappa shape index (κ3) is 7.74. The number of hydrogen-bond acceptors (Lipinski definition) is 5. The number of carbonyl (C=O) groups is 1. The van der Waals surface area contributed by atoms with Crippen LogP contribution < -0.4 is 0 Å². The molecular weight excluding hydrogens is 364 g/mol. The number of aryl methyl sites for hydroxylation is 1. The molecule has 5 nitrogen and oxygen atoms in total. The van der Waals surface area contributed by atoms with Gasteiger partial charge in [-0.15, -0.1) is 0 Å². The average molecular weight is 397 g/mol. The van der Waals surface area contributed by atoms with Gasteiger partial charge in [-0.05, 0) is 85.6 Å². The van der Waals surface area contributed by atoms with Crippen molar-refractivity contribution in [2.24, 2.45) is 11.8 Å². The van der Waals surface area contributed by atoms with Crippen LogP contribution in [-0.4, -0.2) is 44.7 Å². The van der Waals surface area contributed by atoms with E-state index in [-0.39, 0.29) is 24.4 Å². The molecule has 4 N–H and O–H groups in total. The molecule has 5 atom stereocenters. The van der Waals surface area contributed by atoms with Crippen LogP contribution in [-0.2, 0) is 11.2 Å². The molecule has 0 aromatic carbocycles. The number of unbranched alkanes of at least 4 members (excludes halogenated alkanes) is 1. The van der Waals surface area contributed by atoms with E-state index in [1.165, 1.54) is 5.56 Å². The van der Waals surface area contributed by atoms with Crippen LogP contribution in [0.25, 0.3) is 0 Å². The van der Waals surface area contributed by atoms with Crippen molar-refractivity contribution in [1.82, 2.24) is 0 Å². The molecule has 1 aromatic heterocycles. The molecule has 0 bridgehead atoms. The zero-order valence-electron chi connectivity index (χ0n) is 15.7. The van der Waals surface area contributed by atoms with E-state index in [4.69, 9.17) is 5.11 Å². The predicted molar refractivity (Wildman–Crippen MR) is 107 cm³/mol. The van der Waals surface area contributed by atoms with Gasteiger partial charge in [0.25, 0.3) is 0 Å². The number of carboxylic acids is 1. The van der Waals surface area contributed by atoms with Crippen molar-refractivity contribution in [1.29, 1.82) is 0 Å². The highest BCUT2D eigenvalue weighted by molar-refractivity contribution is 7.07. The second kappa shape index (κ2) is 11.6. The van der Waals surface area contributed by atoms with Crippen molar-refractivity contribution in [3.05, 3.63) is 34.5 Å². The van der Waals surface area contributed by atoms with Crippen molar-refractivity contribution < 1.29 is 25.2 Å². The number of rotatable bonds is 12. The number of hydrogen-bond donors (Lipinski definition) is 4. The van der Waals surface area contributed by atoms with Gasteiger partial charge in [0.1, 0.15) is 0 Å². The molecule has 6 heteroatoms.